The van der Waals surface area contributed by atoms with Crippen molar-refractivity contribution in [3.8, 4) is 0 Å². The highest BCUT2D eigenvalue weighted by molar-refractivity contribution is 4.80. The van der Waals surface area contributed by atoms with E-state index >= 15 is 0 Å². The summed E-state index contributed by atoms with van der Waals surface area (Å²) in [5.41, 5.74) is 0. The van der Waals surface area contributed by atoms with Crippen LogP contribution in [0.4, 0.5) is 0 Å². The first-order chi connectivity index (χ1) is 11.1. The van der Waals surface area contributed by atoms with Crippen LogP contribution >= 0.6 is 0 Å². The lowest BCUT2D eigenvalue weighted by Gasteiger charge is -2.24. The number of hydrogen-bond donors (Lipinski definition) is 12. The molecule has 0 aromatic carbocycles. The van der Waals surface area contributed by atoms with Crippen LogP contribution in [-0.4, -0.2) is 137 Å². The largest absolute Gasteiger partial charge is 0.394 e. The minimum absolute atomic E-state index is 0.726. The molecule has 0 bridgehead atoms. The summed E-state index contributed by atoms with van der Waals surface area (Å²) < 4.78 is 0. The van der Waals surface area contributed by atoms with Gasteiger partial charge in [-0.25, -0.2) is 0 Å². The van der Waals surface area contributed by atoms with Gasteiger partial charge < -0.3 is 61.3 Å². The molecule has 0 aliphatic heterocycles. The van der Waals surface area contributed by atoms with E-state index in [1.54, 1.807) is 0 Å². The fourth-order valence-electron chi connectivity index (χ4n) is 1.34. The Bertz CT molecular complexity index is 237. The minimum atomic E-state index is -1.67. The molecule has 0 saturated carbocycles. The molecule has 12 heteroatoms. The molecule has 148 valence electrons. The maximum atomic E-state index is 8.96. The van der Waals surface area contributed by atoms with Crippen LogP contribution in [-0.2, 0) is 0 Å². The highest BCUT2D eigenvalue weighted by atomic mass is 16.4. The summed E-state index contributed by atoms with van der Waals surface area (Å²) in [6.07, 6.45) is -12.8. The van der Waals surface area contributed by atoms with Crippen LogP contribution in [0, 0.1) is 0 Å². The van der Waals surface area contributed by atoms with Gasteiger partial charge in [0, 0.05) is 0 Å². The Hall–Kier alpha value is -0.480. The first-order valence-corrected chi connectivity index (χ1v) is 6.96. The molecule has 8 atom stereocenters. The second-order valence-corrected chi connectivity index (χ2v) is 4.96. The Balaban J connectivity index is 0. The standard InChI is InChI=1S/2C6H14O6/c2*7-1-3(9)5(11)6(12)4(10)2-8/h2*3-12H,1-2H2/t2*3-,4+,5-,6-/m00/s1. The summed E-state index contributed by atoms with van der Waals surface area (Å²) >= 11 is 0. The lowest BCUT2D eigenvalue weighted by Crippen LogP contribution is -2.46. The van der Waals surface area contributed by atoms with Gasteiger partial charge in [0.25, 0.3) is 0 Å². The van der Waals surface area contributed by atoms with E-state index < -0.39 is 75.3 Å². The second kappa shape index (κ2) is 13.8. The number of aliphatic hydroxyl groups excluding tert-OH is 12. The highest BCUT2D eigenvalue weighted by Crippen LogP contribution is 2.04. The fraction of sp³-hybridized carbons (Fsp3) is 1.00. The predicted octanol–water partition coefficient (Wildman–Crippen LogP) is -7.17. The van der Waals surface area contributed by atoms with Crippen molar-refractivity contribution >= 4 is 0 Å². The van der Waals surface area contributed by atoms with Crippen molar-refractivity contribution in [2.45, 2.75) is 48.8 Å². The average Bonchev–Trinajstić information content (AvgIpc) is 2.62. The molecule has 24 heavy (non-hydrogen) atoms. The van der Waals surface area contributed by atoms with E-state index in [1.807, 2.05) is 0 Å². The van der Waals surface area contributed by atoms with Gasteiger partial charge in [0.15, 0.2) is 0 Å². The summed E-state index contributed by atoms with van der Waals surface area (Å²) in [7, 11) is 0. The Morgan fingerprint density at radius 1 is 0.333 bits per heavy atom. The molecule has 0 aliphatic rings. The molecule has 0 saturated heterocycles. The van der Waals surface area contributed by atoms with Crippen LogP contribution < -0.4 is 0 Å². The third-order valence-corrected chi connectivity index (χ3v) is 3.02. The van der Waals surface area contributed by atoms with Crippen LogP contribution in [0.3, 0.4) is 0 Å². The summed E-state index contributed by atoms with van der Waals surface area (Å²) in [4.78, 5) is 0. The molecule has 0 unspecified atom stereocenters. The van der Waals surface area contributed by atoms with Gasteiger partial charge in [0.2, 0.25) is 0 Å². The molecule has 0 amide bonds. The van der Waals surface area contributed by atoms with E-state index in [1.165, 1.54) is 0 Å². The van der Waals surface area contributed by atoms with Crippen LogP contribution in [0.1, 0.15) is 0 Å². The van der Waals surface area contributed by atoms with Gasteiger partial charge >= 0.3 is 0 Å². The molecular formula is C12H28O12. The van der Waals surface area contributed by atoms with Crippen LogP contribution in [0.5, 0.6) is 0 Å². The molecule has 12 nitrogen and oxygen atoms in total. The van der Waals surface area contributed by atoms with Crippen LogP contribution in [0.25, 0.3) is 0 Å². The summed E-state index contributed by atoms with van der Waals surface area (Å²) in [5.74, 6) is 0. The zero-order chi connectivity index (χ0) is 19.4. The van der Waals surface area contributed by atoms with Crippen molar-refractivity contribution in [1.29, 1.82) is 0 Å². The molecule has 12 N–H and O–H groups in total. The van der Waals surface area contributed by atoms with Crippen molar-refractivity contribution in [2.75, 3.05) is 26.4 Å². The monoisotopic (exact) mass is 364 g/mol. The summed E-state index contributed by atoms with van der Waals surface area (Å²) in [6.45, 7) is -2.90. The fourth-order valence-corrected chi connectivity index (χ4v) is 1.34. The third kappa shape index (κ3) is 9.12. The van der Waals surface area contributed by atoms with E-state index in [0.29, 0.717) is 0 Å². The Morgan fingerprint density at radius 3 is 0.542 bits per heavy atom. The molecule has 0 aromatic heterocycles. The Morgan fingerprint density at radius 2 is 0.458 bits per heavy atom. The minimum Gasteiger partial charge on any atom is -0.394 e. The number of hydrogen-bond acceptors (Lipinski definition) is 12. The van der Waals surface area contributed by atoms with Crippen LogP contribution in [0.15, 0.2) is 0 Å². The zero-order valence-corrected chi connectivity index (χ0v) is 12.8. The quantitative estimate of drug-likeness (QED) is 0.173. The van der Waals surface area contributed by atoms with E-state index in [9.17, 15) is 0 Å². The molecule has 0 fully saturated rings. The van der Waals surface area contributed by atoms with Gasteiger partial charge in [-0.05, 0) is 0 Å². The van der Waals surface area contributed by atoms with E-state index in [0.717, 1.165) is 0 Å². The van der Waals surface area contributed by atoms with Crippen molar-refractivity contribution in [2.24, 2.45) is 0 Å². The van der Waals surface area contributed by atoms with E-state index in [-0.39, 0.29) is 0 Å². The third-order valence-electron chi connectivity index (χ3n) is 3.02. The van der Waals surface area contributed by atoms with Gasteiger partial charge in [-0.3, -0.25) is 0 Å². The highest BCUT2D eigenvalue weighted by Gasteiger charge is 2.30. The topological polar surface area (TPSA) is 243 Å². The smallest absolute Gasteiger partial charge is 0.111 e. The van der Waals surface area contributed by atoms with E-state index in [4.69, 9.17) is 61.3 Å². The van der Waals surface area contributed by atoms with E-state index in [2.05, 4.69) is 0 Å². The molecule has 0 aromatic rings. The molecule has 0 radical (unpaired) electrons. The molecular weight excluding hydrogens is 336 g/mol. The van der Waals surface area contributed by atoms with Gasteiger partial charge in [0.05, 0.1) is 26.4 Å². The van der Waals surface area contributed by atoms with Gasteiger partial charge in [0.1, 0.15) is 48.8 Å². The van der Waals surface area contributed by atoms with Crippen molar-refractivity contribution in [3.05, 3.63) is 0 Å². The molecule has 0 spiro atoms. The lowest BCUT2D eigenvalue weighted by atomic mass is 10.0. The Labute approximate surface area is 137 Å². The lowest BCUT2D eigenvalue weighted by molar-refractivity contribution is -0.123. The SMILES string of the molecule is OC[C@@H](O)[C@H](O)[C@@H](O)[C@@H](O)CO.OC[C@@H](O)[C@H](O)[C@@H](O)[C@@H](O)CO. The normalized spacial score (nSPS) is 21.5. The first kappa shape index (κ1) is 25.8. The first-order valence-electron chi connectivity index (χ1n) is 6.96. The molecule has 0 rings (SSSR count). The maximum Gasteiger partial charge on any atom is 0.111 e. The van der Waals surface area contributed by atoms with Gasteiger partial charge in [-0.1, -0.05) is 0 Å². The van der Waals surface area contributed by atoms with Gasteiger partial charge in [-0.15, -0.1) is 0 Å². The average molecular weight is 364 g/mol. The predicted molar refractivity (Wildman–Crippen MR) is 76.4 cm³/mol. The second-order valence-electron chi connectivity index (χ2n) is 4.96. The summed E-state index contributed by atoms with van der Waals surface area (Å²) in [6, 6.07) is 0. The van der Waals surface area contributed by atoms with Crippen molar-refractivity contribution < 1.29 is 61.3 Å². The van der Waals surface area contributed by atoms with Crippen molar-refractivity contribution in [1.82, 2.24) is 0 Å². The summed E-state index contributed by atoms with van der Waals surface area (Å²) in [5, 5.41) is 104. The van der Waals surface area contributed by atoms with Gasteiger partial charge in [-0.2, -0.15) is 0 Å². The zero-order valence-electron chi connectivity index (χ0n) is 12.8. The van der Waals surface area contributed by atoms with Crippen molar-refractivity contribution in [3.63, 3.8) is 0 Å². The number of aliphatic hydroxyl groups is 12. The van der Waals surface area contributed by atoms with Crippen LogP contribution in [0.2, 0.25) is 0 Å². The molecule has 0 aliphatic carbocycles. The maximum absolute atomic E-state index is 8.96. The number of rotatable bonds is 10. The Kier molecular flexibility index (Phi) is 14.8. The molecule has 0 heterocycles.